The van der Waals surface area contributed by atoms with Gasteiger partial charge in [0.2, 0.25) is 5.78 Å². The second-order valence-electron chi connectivity index (χ2n) is 11.7. The minimum Gasteiger partial charge on any atom is -0.296 e. The summed E-state index contributed by atoms with van der Waals surface area (Å²) >= 11 is 4.13. The van der Waals surface area contributed by atoms with E-state index in [1.807, 2.05) is 77.2 Å². The predicted octanol–water partition coefficient (Wildman–Crippen LogP) is 10.1. The minimum atomic E-state index is -0.450. The lowest BCUT2D eigenvalue weighted by Crippen LogP contribution is -2.00. The van der Waals surface area contributed by atoms with E-state index < -0.39 is 5.82 Å². The maximum absolute atomic E-state index is 12.6. The Morgan fingerprint density at radius 1 is 0.549 bits per heavy atom. The first kappa shape index (κ1) is 32.6. The molecule has 1 aliphatic rings. The Morgan fingerprint density at radius 2 is 1.12 bits per heavy atom. The molecule has 244 valence electrons. The first-order valence-electron chi connectivity index (χ1n) is 15.9. The normalized spacial score (nSPS) is 11.3. The molecule has 10 heteroatoms. The molecule has 4 heterocycles. The molecule has 0 bridgehead atoms. The lowest BCUT2D eigenvalue weighted by molar-refractivity contribution is 0.623. The quantitative estimate of drug-likeness (QED) is 0.154. The number of hydrogen-bond donors (Lipinski definition) is 0. The van der Waals surface area contributed by atoms with Gasteiger partial charge in [-0.3, -0.25) is 13.5 Å². The number of halogens is 3. The highest BCUT2D eigenvalue weighted by Gasteiger charge is 2.22. The number of para-hydroxylation sites is 7. The van der Waals surface area contributed by atoms with Crippen LogP contribution in [0.2, 0.25) is 0 Å². The maximum atomic E-state index is 12.6. The molecule has 0 amide bonds. The van der Waals surface area contributed by atoms with Crippen molar-refractivity contribution in [3.63, 3.8) is 0 Å². The summed E-state index contributed by atoms with van der Waals surface area (Å²) in [6.45, 7) is 0. The molecular formula is C41H24FI2N7. The SMILES string of the molecule is N#Cc1c(F)cccc1I.N#Cc1c(I)cccc1-n1c2ccccc2n2c3ccccc3nc12.c1ccc2c(c1)Cc1nc3ccccc3n1-2. The first-order chi connectivity index (χ1) is 25.0. The van der Waals surface area contributed by atoms with Crippen LogP contribution in [0.4, 0.5) is 4.39 Å². The number of fused-ring (bicyclic) bond motifs is 10. The van der Waals surface area contributed by atoms with E-state index in [2.05, 4.69) is 108 Å². The average Bonchev–Trinajstić information content (AvgIpc) is 3.89. The fourth-order valence-electron chi connectivity index (χ4n) is 6.51. The Hall–Kier alpha value is -5.57. The van der Waals surface area contributed by atoms with Crippen molar-refractivity contribution in [2.75, 3.05) is 0 Å². The van der Waals surface area contributed by atoms with Crippen LogP contribution in [0.1, 0.15) is 22.5 Å². The first-order valence-corrected chi connectivity index (χ1v) is 18.1. The summed E-state index contributed by atoms with van der Waals surface area (Å²) in [4.78, 5) is 9.52. The van der Waals surface area contributed by atoms with E-state index >= 15 is 0 Å². The highest BCUT2D eigenvalue weighted by Crippen LogP contribution is 2.33. The predicted molar refractivity (Wildman–Crippen MR) is 215 cm³/mol. The zero-order chi connectivity index (χ0) is 35.1. The summed E-state index contributed by atoms with van der Waals surface area (Å²) in [5.41, 5.74) is 10.7. The molecular weight excluding hydrogens is 863 g/mol. The van der Waals surface area contributed by atoms with Crippen LogP contribution in [0.15, 0.2) is 133 Å². The van der Waals surface area contributed by atoms with Crippen LogP contribution >= 0.6 is 45.2 Å². The van der Waals surface area contributed by atoms with Crippen molar-refractivity contribution in [2.45, 2.75) is 6.42 Å². The van der Waals surface area contributed by atoms with Crippen LogP contribution in [-0.2, 0) is 6.42 Å². The van der Waals surface area contributed by atoms with Crippen molar-refractivity contribution >= 4 is 84.1 Å². The van der Waals surface area contributed by atoms with E-state index in [4.69, 9.17) is 10.2 Å². The molecule has 0 N–H and O–H groups in total. The second-order valence-corrected chi connectivity index (χ2v) is 14.0. The smallest absolute Gasteiger partial charge is 0.220 e. The minimum absolute atomic E-state index is 0.128. The van der Waals surface area contributed by atoms with Crippen LogP contribution in [0.5, 0.6) is 0 Å². The van der Waals surface area contributed by atoms with E-state index in [-0.39, 0.29) is 5.56 Å². The number of nitrogens with zero attached hydrogens (tertiary/aromatic N) is 7. The molecule has 0 unspecified atom stereocenters. The van der Waals surface area contributed by atoms with Gasteiger partial charge in [-0.25, -0.2) is 14.4 Å². The monoisotopic (exact) mass is 887 g/mol. The van der Waals surface area contributed by atoms with Gasteiger partial charge in [0.15, 0.2) is 0 Å². The molecule has 0 aliphatic carbocycles. The zero-order valence-electron chi connectivity index (χ0n) is 26.7. The molecule has 0 atom stereocenters. The van der Waals surface area contributed by atoms with Crippen molar-refractivity contribution in [2.24, 2.45) is 0 Å². The standard InChI is InChI=1S/C20H11IN4.C14H10N2.C7H3FIN/c21-14-6-5-11-16(13(14)12-22)24-18-9-3-4-10-19(18)25-17-8-2-1-7-15(17)23-20(24)25;1-3-7-12-10(5-1)9-14-15-11-6-2-4-8-13(11)16(12)14;8-6-2-1-3-7(9)5(6)4-10/h1-11H;1-8H,9H2;1-3H. The van der Waals surface area contributed by atoms with Crippen LogP contribution in [0.25, 0.3) is 50.3 Å². The molecule has 0 spiro atoms. The van der Waals surface area contributed by atoms with Crippen molar-refractivity contribution in [1.29, 1.82) is 10.5 Å². The Labute approximate surface area is 319 Å². The van der Waals surface area contributed by atoms with E-state index in [1.54, 1.807) is 18.2 Å². The molecule has 6 aromatic carbocycles. The summed E-state index contributed by atoms with van der Waals surface area (Å²) in [6, 6.07) is 47.7. The number of benzene rings is 6. The molecule has 1 aliphatic heterocycles. The lowest BCUT2D eigenvalue weighted by Gasteiger charge is -2.08. The molecule has 7 nitrogen and oxygen atoms in total. The molecule has 9 aromatic rings. The zero-order valence-corrected chi connectivity index (χ0v) is 31.0. The van der Waals surface area contributed by atoms with E-state index in [0.717, 1.165) is 54.9 Å². The average molecular weight is 887 g/mol. The molecule has 0 saturated heterocycles. The second kappa shape index (κ2) is 13.6. The Morgan fingerprint density at radius 3 is 1.82 bits per heavy atom. The number of imidazole rings is 3. The van der Waals surface area contributed by atoms with Crippen molar-refractivity contribution < 1.29 is 4.39 Å². The highest BCUT2D eigenvalue weighted by atomic mass is 127. The maximum Gasteiger partial charge on any atom is 0.220 e. The van der Waals surface area contributed by atoms with Crippen molar-refractivity contribution in [1.82, 2.24) is 23.5 Å². The fourth-order valence-corrected chi connectivity index (χ4v) is 7.71. The van der Waals surface area contributed by atoms with Gasteiger partial charge in [0.25, 0.3) is 0 Å². The van der Waals surface area contributed by atoms with Gasteiger partial charge in [-0.05, 0) is 117 Å². The van der Waals surface area contributed by atoms with E-state index in [0.29, 0.717) is 9.13 Å². The van der Waals surface area contributed by atoms with Gasteiger partial charge >= 0.3 is 0 Å². The van der Waals surface area contributed by atoms with Gasteiger partial charge in [0.1, 0.15) is 29.3 Å². The largest absolute Gasteiger partial charge is 0.296 e. The van der Waals surface area contributed by atoms with Crippen molar-refractivity contribution in [3.05, 3.63) is 169 Å². The van der Waals surface area contributed by atoms with E-state index in [1.165, 1.54) is 22.8 Å². The number of hydrogen-bond acceptors (Lipinski definition) is 4. The molecule has 10 rings (SSSR count). The third kappa shape index (κ3) is 5.70. The van der Waals surface area contributed by atoms with Gasteiger partial charge in [0, 0.05) is 13.6 Å². The van der Waals surface area contributed by atoms with Crippen LogP contribution in [0, 0.1) is 35.6 Å². The fraction of sp³-hybridized carbons (Fsp3) is 0.0244. The third-order valence-electron chi connectivity index (χ3n) is 8.74. The highest BCUT2D eigenvalue weighted by molar-refractivity contribution is 14.1. The van der Waals surface area contributed by atoms with Gasteiger partial charge in [-0.15, -0.1) is 0 Å². The number of aromatic nitrogens is 5. The number of rotatable bonds is 1. The summed E-state index contributed by atoms with van der Waals surface area (Å²) in [5, 5.41) is 18.1. The van der Waals surface area contributed by atoms with Crippen molar-refractivity contribution in [3.8, 4) is 23.5 Å². The molecule has 51 heavy (non-hydrogen) atoms. The summed E-state index contributed by atoms with van der Waals surface area (Å²) < 4.78 is 20.7. The van der Waals surface area contributed by atoms with Gasteiger partial charge in [-0.1, -0.05) is 66.7 Å². The molecule has 0 saturated carbocycles. The van der Waals surface area contributed by atoms with Crippen LogP contribution in [-0.4, -0.2) is 23.5 Å². The molecule has 0 fully saturated rings. The Kier molecular flexibility index (Phi) is 8.71. The van der Waals surface area contributed by atoms with Gasteiger partial charge in [-0.2, -0.15) is 10.5 Å². The van der Waals surface area contributed by atoms with Gasteiger partial charge < -0.3 is 0 Å². The number of nitriles is 2. The van der Waals surface area contributed by atoms with Crippen LogP contribution < -0.4 is 0 Å². The summed E-state index contributed by atoms with van der Waals surface area (Å²) in [7, 11) is 0. The van der Waals surface area contributed by atoms with E-state index in [9.17, 15) is 9.65 Å². The summed E-state index contributed by atoms with van der Waals surface area (Å²) in [5.74, 6) is 1.53. The molecule has 3 aromatic heterocycles. The Balaban J connectivity index is 0.000000123. The van der Waals surface area contributed by atoms with Gasteiger partial charge in [0.05, 0.1) is 50.0 Å². The topological polar surface area (TPSA) is 87.6 Å². The lowest BCUT2D eigenvalue weighted by atomic mass is 10.1. The molecule has 0 radical (unpaired) electrons. The van der Waals surface area contributed by atoms with Crippen LogP contribution in [0.3, 0.4) is 0 Å². The summed E-state index contributed by atoms with van der Waals surface area (Å²) in [6.07, 6.45) is 0.949. The third-order valence-corrected chi connectivity index (χ3v) is 10.5. The Bertz CT molecular complexity index is 2850.